The van der Waals surface area contributed by atoms with Crippen LogP contribution in [0.3, 0.4) is 0 Å². The molecule has 88 valence electrons. The summed E-state index contributed by atoms with van der Waals surface area (Å²) in [5.74, 6) is 0.0625. The summed E-state index contributed by atoms with van der Waals surface area (Å²) >= 11 is 0. The minimum absolute atomic E-state index is 0.0625. The number of likely N-dealkylation sites (tertiary alicyclic amines) is 1. The summed E-state index contributed by atoms with van der Waals surface area (Å²) in [6.45, 7) is 4.70. The molecule has 4 heteroatoms. The van der Waals surface area contributed by atoms with Gasteiger partial charge in [-0.15, -0.1) is 0 Å². The first-order chi connectivity index (χ1) is 7.06. The van der Waals surface area contributed by atoms with Gasteiger partial charge in [0.15, 0.2) is 0 Å². The summed E-state index contributed by atoms with van der Waals surface area (Å²) in [7, 11) is 1.67. The molecule has 1 heterocycles. The Balaban J connectivity index is 2.55. The summed E-state index contributed by atoms with van der Waals surface area (Å²) < 4.78 is 0. The van der Waals surface area contributed by atoms with Crippen molar-refractivity contribution >= 4 is 5.91 Å². The first-order valence-corrected chi connectivity index (χ1v) is 5.71. The fraction of sp³-hybridized carbons (Fsp3) is 0.909. The lowest BCUT2D eigenvalue weighted by Crippen LogP contribution is -2.46. The van der Waals surface area contributed by atoms with E-state index < -0.39 is 0 Å². The normalized spacial score (nSPS) is 26.3. The van der Waals surface area contributed by atoms with Crippen LogP contribution in [0.15, 0.2) is 0 Å². The maximum absolute atomic E-state index is 11.5. The van der Waals surface area contributed by atoms with Gasteiger partial charge in [0.25, 0.3) is 0 Å². The molecule has 0 aliphatic carbocycles. The molecular formula is C11H22N2O2. The summed E-state index contributed by atoms with van der Waals surface area (Å²) in [5, 5.41) is 12.1. The lowest BCUT2D eigenvalue weighted by atomic mass is 10.1. The molecule has 1 saturated heterocycles. The van der Waals surface area contributed by atoms with E-state index in [0.29, 0.717) is 6.04 Å². The highest BCUT2D eigenvalue weighted by molar-refractivity contribution is 5.81. The van der Waals surface area contributed by atoms with Crippen LogP contribution in [0.1, 0.15) is 33.1 Å². The Morgan fingerprint density at radius 3 is 2.80 bits per heavy atom. The van der Waals surface area contributed by atoms with Crippen LogP contribution in [-0.2, 0) is 4.79 Å². The maximum atomic E-state index is 11.5. The second kappa shape index (κ2) is 5.47. The lowest BCUT2D eigenvalue weighted by Gasteiger charge is -2.30. The third-order valence-corrected chi connectivity index (χ3v) is 3.16. The molecule has 1 aliphatic heterocycles. The molecule has 0 spiro atoms. The van der Waals surface area contributed by atoms with E-state index in [9.17, 15) is 9.90 Å². The molecule has 3 atom stereocenters. The number of nitrogens with one attached hydrogen (secondary N) is 1. The molecule has 0 aromatic heterocycles. The molecule has 15 heavy (non-hydrogen) atoms. The lowest BCUT2D eigenvalue weighted by molar-refractivity contribution is -0.125. The number of hydrogen-bond donors (Lipinski definition) is 2. The van der Waals surface area contributed by atoms with Gasteiger partial charge in [-0.1, -0.05) is 0 Å². The van der Waals surface area contributed by atoms with Gasteiger partial charge >= 0.3 is 0 Å². The monoisotopic (exact) mass is 214 g/mol. The van der Waals surface area contributed by atoms with Crippen molar-refractivity contribution < 1.29 is 9.90 Å². The van der Waals surface area contributed by atoms with E-state index in [-0.39, 0.29) is 18.1 Å². The largest absolute Gasteiger partial charge is 0.393 e. The van der Waals surface area contributed by atoms with Crippen molar-refractivity contribution in [2.45, 2.75) is 51.3 Å². The number of carbonyl (C=O) groups is 1. The molecule has 2 N–H and O–H groups in total. The molecule has 0 radical (unpaired) electrons. The summed E-state index contributed by atoms with van der Waals surface area (Å²) in [5.41, 5.74) is 0. The van der Waals surface area contributed by atoms with Crippen molar-refractivity contribution in [3.63, 3.8) is 0 Å². The Hall–Kier alpha value is -0.610. The van der Waals surface area contributed by atoms with Crippen molar-refractivity contribution in [2.24, 2.45) is 0 Å². The van der Waals surface area contributed by atoms with Crippen molar-refractivity contribution in [1.29, 1.82) is 0 Å². The zero-order chi connectivity index (χ0) is 11.4. The number of amides is 1. The van der Waals surface area contributed by atoms with Crippen LogP contribution < -0.4 is 5.32 Å². The first kappa shape index (κ1) is 12.5. The van der Waals surface area contributed by atoms with Crippen LogP contribution in [0.25, 0.3) is 0 Å². The van der Waals surface area contributed by atoms with E-state index in [1.165, 1.54) is 0 Å². The fourth-order valence-corrected chi connectivity index (χ4v) is 2.37. The quantitative estimate of drug-likeness (QED) is 0.710. The van der Waals surface area contributed by atoms with Crippen LogP contribution >= 0.6 is 0 Å². The number of nitrogens with zero attached hydrogens (tertiary/aromatic N) is 1. The van der Waals surface area contributed by atoms with Gasteiger partial charge in [0, 0.05) is 13.1 Å². The Morgan fingerprint density at radius 1 is 1.60 bits per heavy atom. The van der Waals surface area contributed by atoms with Crippen molar-refractivity contribution in [1.82, 2.24) is 10.2 Å². The van der Waals surface area contributed by atoms with Crippen LogP contribution in [0.4, 0.5) is 0 Å². The number of aliphatic hydroxyl groups excluding tert-OH is 1. The van der Waals surface area contributed by atoms with Gasteiger partial charge in [0.05, 0.1) is 12.1 Å². The minimum Gasteiger partial charge on any atom is -0.393 e. The molecule has 1 rings (SSSR count). The SMILES string of the molecule is CNC(=O)C(C)N1CCCC1CC(C)O. The van der Waals surface area contributed by atoms with E-state index >= 15 is 0 Å². The molecule has 1 aliphatic rings. The minimum atomic E-state index is -0.285. The number of likely N-dealkylation sites (N-methyl/N-ethyl adjacent to an activating group) is 1. The highest BCUT2D eigenvalue weighted by atomic mass is 16.3. The smallest absolute Gasteiger partial charge is 0.236 e. The van der Waals surface area contributed by atoms with Crippen LogP contribution in [0.5, 0.6) is 0 Å². The van der Waals surface area contributed by atoms with Crippen LogP contribution in [-0.4, -0.2) is 47.7 Å². The Morgan fingerprint density at radius 2 is 2.27 bits per heavy atom. The van der Waals surface area contributed by atoms with Crippen LogP contribution in [0, 0.1) is 0 Å². The van der Waals surface area contributed by atoms with Gasteiger partial charge in [-0.2, -0.15) is 0 Å². The fourth-order valence-electron chi connectivity index (χ4n) is 2.37. The average Bonchev–Trinajstić information content (AvgIpc) is 2.62. The Labute approximate surface area is 91.6 Å². The highest BCUT2D eigenvalue weighted by Crippen LogP contribution is 2.23. The van der Waals surface area contributed by atoms with E-state index in [1.54, 1.807) is 14.0 Å². The molecule has 0 aromatic carbocycles. The zero-order valence-electron chi connectivity index (χ0n) is 9.86. The van der Waals surface area contributed by atoms with E-state index in [1.807, 2.05) is 6.92 Å². The van der Waals surface area contributed by atoms with Crippen LogP contribution in [0.2, 0.25) is 0 Å². The molecule has 0 aromatic rings. The number of aliphatic hydroxyl groups is 1. The summed E-state index contributed by atoms with van der Waals surface area (Å²) in [6.07, 6.45) is 2.69. The first-order valence-electron chi connectivity index (χ1n) is 5.71. The van der Waals surface area contributed by atoms with Gasteiger partial charge in [-0.05, 0) is 39.7 Å². The average molecular weight is 214 g/mol. The summed E-state index contributed by atoms with van der Waals surface area (Å²) in [4.78, 5) is 13.7. The Bertz CT molecular complexity index is 219. The Kier molecular flexibility index (Phi) is 4.54. The molecular weight excluding hydrogens is 192 g/mol. The molecule has 1 fully saturated rings. The summed E-state index contributed by atoms with van der Waals surface area (Å²) in [6, 6.07) is 0.276. The molecule has 1 amide bonds. The van der Waals surface area contributed by atoms with Crippen molar-refractivity contribution in [2.75, 3.05) is 13.6 Å². The number of rotatable bonds is 4. The predicted molar refractivity (Wildman–Crippen MR) is 59.6 cm³/mol. The third-order valence-electron chi connectivity index (χ3n) is 3.16. The topological polar surface area (TPSA) is 52.6 Å². The number of carbonyl (C=O) groups excluding carboxylic acids is 1. The molecule has 3 unspecified atom stereocenters. The van der Waals surface area contributed by atoms with E-state index in [4.69, 9.17) is 0 Å². The van der Waals surface area contributed by atoms with Crippen molar-refractivity contribution in [3.05, 3.63) is 0 Å². The van der Waals surface area contributed by atoms with Gasteiger partial charge in [0.2, 0.25) is 5.91 Å². The molecule has 0 bridgehead atoms. The maximum Gasteiger partial charge on any atom is 0.236 e. The van der Waals surface area contributed by atoms with Gasteiger partial charge in [-0.3, -0.25) is 9.69 Å². The number of hydrogen-bond acceptors (Lipinski definition) is 3. The highest BCUT2D eigenvalue weighted by Gasteiger charge is 2.31. The predicted octanol–water partition coefficient (Wildman–Crippen LogP) is 0.356. The molecule has 4 nitrogen and oxygen atoms in total. The van der Waals surface area contributed by atoms with Gasteiger partial charge in [-0.25, -0.2) is 0 Å². The third kappa shape index (κ3) is 3.18. The second-order valence-electron chi connectivity index (χ2n) is 4.41. The van der Waals surface area contributed by atoms with Gasteiger partial charge < -0.3 is 10.4 Å². The second-order valence-corrected chi connectivity index (χ2v) is 4.41. The van der Waals surface area contributed by atoms with E-state index in [2.05, 4.69) is 10.2 Å². The standard InChI is InChI=1S/C11H22N2O2/c1-8(14)7-10-5-4-6-13(10)9(2)11(15)12-3/h8-10,14H,4-7H2,1-3H3,(H,12,15). The zero-order valence-corrected chi connectivity index (χ0v) is 9.86. The van der Waals surface area contributed by atoms with Crippen molar-refractivity contribution in [3.8, 4) is 0 Å². The van der Waals surface area contributed by atoms with E-state index in [0.717, 1.165) is 25.8 Å². The van der Waals surface area contributed by atoms with Gasteiger partial charge in [0.1, 0.15) is 0 Å². The molecule has 0 saturated carbocycles.